The molecule has 2 saturated heterocycles. The van der Waals surface area contributed by atoms with Crippen molar-refractivity contribution in [2.75, 3.05) is 45.8 Å². The molecule has 1 aromatic heterocycles. The molecule has 2 aliphatic heterocycles. The maximum absolute atomic E-state index is 12.5. The third-order valence-corrected chi connectivity index (χ3v) is 6.01. The van der Waals surface area contributed by atoms with Crippen molar-refractivity contribution in [1.82, 2.24) is 24.9 Å². The summed E-state index contributed by atoms with van der Waals surface area (Å²) in [6.45, 7) is 6.18. The molecule has 0 saturated carbocycles. The van der Waals surface area contributed by atoms with Gasteiger partial charge in [-0.3, -0.25) is 14.8 Å². The molecule has 28 heavy (non-hydrogen) atoms. The molecule has 0 unspecified atom stereocenters. The van der Waals surface area contributed by atoms with Crippen LogP contribution in [0.4, 0.5) is 0 Å². The first-order chi connectivity index (χ1) is 13.7. The number of aliphatic hydroxyl groups is 1. The number of likely N-dealkylation sites (tertiary alicyclic amines) is 1. The largest absolute Gasteiger partial charge is 0.390 e. The van der Waals surface area contributed by atoms with Crippen molar-refractivity contribution in [2.24, 2.45) is 0 Å². The number of aromatic nitrogens is 2. The molecule has 150 valence electrons. The number of benzene rings is 1. The number of aliphatic hydroxyl groups excluding tert-OH is 1. The van der Waals surface area contributed by atoms with Gasteiger partial charge in [-0.2, -0.15) is 5.10 Å². The van der Waals surface area contributed by atoms with Crippen LogP contribution in [-0.2, 0) is 6.42 Å². The summed E-state index contributed by atoms with van der Waals surface area (Å²) in [6, 6.07) is 10.8. The minimum Gasteiger partial charge on any atom is -0.390 e. The summed E-state index contributed by atoms with van der Waals surface area (Å²) in [5.74, 6) is -0.0584. The van der Waals surface area contributed by atoms with E-state index in [4.69, 9.17) is 0 Å². The van der Waals surface area contributed by atoms with Crippen LogP contribution in [0.25, 0.3) is 0 Å². The van der Waals surface area contributed by atoms with Crippen molar-refractivity contribution >= 4 is 5.91 Å². The highest BCUT2D eigenvalue weighted by atomic mass is 16.3. The Morgan fingerprint density at radius 2 is 1.93 bits per heavy atom. The molecule has 1 amide bonds. The van der Waals surface area contributed by atoms with E-state index in [1.54, 1.807) is 11.1 Å². The number of piperazine rings is 1. The van der Waals surface area contributed by atoms with E-state index in [9.17, 15) is 9.90 Å². The molecule has 2 aromatic rings. The lowest BCUT2D eigenvalue weighted by molar-refractivity contribution is -0.0241. The molecule has 2 aliphatic rings. The SMILES string of the molecule is O=C(c1cn[nH]c1)N1CC[C@@H](N2CCN(CCc3ccccc3)CC2)[C@H](O)C1. The Labute approximate surface area is 165 Å². The molecule has 0 radical (unpaired) electrons. The molecule has 0 spiro atoms. The lowest BCUT2D eigenvalue weighted by atomic mass is 9.98. The van der Waals surface area contributed by atoms with Crippen molar-refractivity contribution in [3.63, 3.8) is 0 Å². The van der Waals surface area contributed by atoms with E-state index in [0.717, 1.165) is 45.6 Å². The van der Waals surface area contributed by atoms with Gasteiger partial charge < -0.3 is 14.9 Å². The fraction of sp³-hybridized carbons (Fsp3) is 0.524. The van der Waals surface area contributed by atoms with E-state index >= 15 is 0 Å². The van der Waals surface area contributed by atoms with Gasteiger partial charge in [-0.1, -0.05) is 30.3 Å². The number of carbonyl (C=O) groups is 1. The molecule has 2 atom stereocenters. The summed E-state index contributed by atoms with van der Waals surface area (Å²) < 4.78 is 0. The van der Waals surface area contributed by atoms with E-state index in [0.29, 0.717) is 18.7 Å². The number of hydrogen-bond acceptors (Lipinski definition) is 5. The first-order valence-electron chi connectivity index (χ1n) is 10.2. The second kappa shape index (κ2) is 8.86. The van der Waals surface area contributed by atoms with Gasteiger partial charge in [0.05, 0.1) is 17.9 Å². The Bertz CT molecular complexity index is 743. The van der Waals surface area contributed by atoms with Crippen LogP contribution < -0.4 is 0 Å². The molecular formula is C21H29N5O2. The van der Waals surface area contributed by atoms with E-state index in [2.05, 4.69) is 50.3 Å². The van der Waals surface area contributed by atoms with Crippen LogP contribution in [0, 0.1) is 0 Å². The monoisotopic (exact) mass is 383 g/mol. The summed E-state index contributed by atoms with van der Waals surface area (Å²) in [7, 11) is 0. The van der Waals surface area contributed by atoms with Gasteiger partial charge in [0, 0.05) is 58.1 Å². The molecule has 2 N–H and O–H groups in total. The van der Waals surface area contributed by atoms with Crippen molar-refractivity contribution in [3.8, 4) is 0 Å². The van der Waals surface area contributed by atoms with E-state index in [1.807, 2.05) is 0 Å². The van der Waals surface area contributed by atoms with Crippen LogP contribution in [0.5, 0.6) is 0 Å². The van der Waals surface area contributed by atoms with Crippen LogP contribution in [-0.4, -0.2) is 93.9 Å². The third-order valence-electron chi connectivity index (χ3n) is 6.01. The summed E-state index contributed by atoms with van der Waals surface area (Å²) in [4.78, 5) is 19.1. The van der Waals surface area contributed by atoms with Gasteiger partial charge in [0.1, 0.15) is 0 Å². The van der Waals surface area contributed by atoms with Gasteiger partial charge in [-0.05, 0) is 18.4 Å². The predicted octanol–water partition coefficient (Wildman–Crippen LogP) is 0.845. The highest BCUT2D eigenvalue weighted by Crippen LogP contribution is 2.20. The molecule has 3 heterocycles. The van der Waals surface area contributed by atoms with Crippen LogP contribution in [0.1, 0.15) is 22.3 Å². The molecule has 0 aliphatic carbocycles. The zero-order chi connectivity index (χ0) is 19.3. The molecular weight excluding hydrogens is 354 g/mol. The topological polar surface area (TPSA) is 75.7 Å². The molecule has 2 fully saturated rings. The van der Waals surface area contributed by atoms with E-state index in [1.165, 1.54) is 11.8 Å². The zero-order valence-electron chi connectivity index (χ0n) is 16.2. The maximum Gasteiger partial charge on any atom is 0.257 e. The number of amides is 1. The highest BCUT2D eigenvalue weighted by Gasteiger charge is 2.35. The van der Waals surface area contributed by atoms with Crippen molar-refractivity contribution in [1.29, 1.82) is 0 Å². The van der Waals surface area contributed by atoms with Gasteiger partial charge in [-0.25, -0.2) is 0 Å². The highest BCUT2D eigenvalue weighted by molar-refractivity contribution is 5.93. The first kappa shape index (κ1) is 19.1. The van der Waals surface area contributed by atoms with Crippen molar-refractivity contribution in [3.05, 3.63) is 53.9 Å². The lowest BCUT2D eigenvalue weighted by Crippen LogP contribution is -2.59. The van der Waals surface area contributed by atoms with Crippen molar-refractivity contribution < 1.29 is 9.90 Å². The van der Waals surface area contributed by atoms with Crippen LogP contribution >= 0.6 is 0 Å². The first-order valence-corrected chi connectivity index (χ1v) is 10.2. The van der Waals surface area contributed by atoms with Gasteiger partial charge in [0.25, 0.3) is 5.91 Å². The van der Waals surface area contributed by atoms with E-state index < -0.39 is 6.10 Å². The number of nitrogens with one attached hydrogen (secondary N) is 1. The van der Waals surface area contributed by atoms with Crippen LogP contribution in [0.2, 0.25) is 0 Å². The number of rotatable bonds is 5. The summed E-state index contributed by atoms with van der Waals surface area (Å²) in [5, 5.41) is 17.2. The van der Waals surface area contributed by atoms with Gasteiger partial charge in [-0.15, -0.1) is 0 Å². The Morgan fingerprint density at radius 1 is 1.14 bits per heavy atom. The number of H-pyrrole nitrogens is 1. The number of nitrogens with zero attached hydrogens (tertiary/aromatic N) is 4. The van der Waals surface area contributed by atoms with Gasteiger partial charge >= 0.3 is 0 Å². The van der Waals surface area contributed by atoms with Crippen LogP contribution in [0.15, 0.2) is 42.7 Å². The Balaban J connectivity index is 1.23. The number of hydrogen-bond donors (Lipinski definition) is 2. The van der Waals surface area contributed by atoms with Crippen LogP contribution in [0.3, 0.4) is 0 Å². The Morgan fingerprint density at radius 3 is 2.61 bits per heavy atom. The normalized spacial score (nSPS) is 24.4. The fourth-order valence-corrected chi connectivity index (χ4v) is 4.33. The Hall–Kier alpha value is -2.22. The number of carbonyl (C=O) groups excluding carboxylic acids is 1. The molecule has 7 heteroatoms. The minimum absolute atomic E-state index is 0.0584. The lowest BCUT2D eigenvalue weighted by Gasteiger charge is -2.45. The number of aromatic amines is 1. The van der Waals surface area contributed by atoms with Gasteiger partial charge in [0.2, 0.25) is 0 Å². The Kier molecular flexibility index (Phi) is 6.04. The minimum atomic E-state index is -0.500. The second-order valence-corrected chi connectivity index (χ2v) is 7.77. The number of piperidine rings is 1. The summed E-state index contributed by atoms with van der Waals surface area (Å²) in [5.41, 5.74) is 1.94. The van der Waals surface area contributed by atoms with E-state index in [-0.39, 0.29) is 11.9 Å². The zero-order valence-corrected chi connectivity index (χ0v) is 16.2. The summed E-state index contributed by atoms with van der Waals surface area (Å²) >= 11 is 0. The predicted molar refractivity (Wildman–Crippen MR) is 107 cm³/mol. The smallest absolute Gasteiger partial charge is 0.257 e. The molecule has 1 aromatic carbocycles. The van der Waals surface area contributed by atoms with Gasteiger partial charge in [0.15, 0.2) is 0 Å². The standard InChI is InChI=1S/C21H29N5O2/c27-20-16-26(21(28)18-14-22-23-15-18)9-7-19(20)25-12-10-24(11-13-25)8-6-17-4-2-1-3-5-17/h1-5,14-15,19-20,27H,6-13,16H2,(H,22,23)/t19-,20-/m1/s1. The molecule has 7 nitrogen and oxygen atoms in total. The second-order valence-electron chi connectivity index (χ2n) is 7.77. The third kappa shape index (κ3) is 4.43. The quantitative estimate of drug-likeness (QED) is 0.801. The fourth-order valence-electron chi connectivity index (χ4n) is 4.33. The molecule has 4 rings (SSSR count). The number of β-amino-alcohol motifs (C(OH)–C–C–N with tert-alkyl or cyclic N) is 1. The van der Waals surface area contributed by atoms with Crippen molar-refractivity contribution in [2.45, 2.75) is 25.0 Å². The average Bonchev–Trinajstić information content (AvgIpc) is 3.28. The maximum atomic E-state index is 12.5. The average molecular weight is 383 g/mol. The summed E-state index contributed by atoms with van der Waals surface area (Å²) in [6.07, 6.45) is 4.54. The molecule has 0 bridgehead atoms.